The Morgan fingerprint density at radius 1 is 1.11 bits per heavy atom. The Morgan fingerprint density at radius 2 is 1.75 bits per heavy atom. The van der Waals surface area contributed by atoms with E-state index in [2.05, 4.69) is 0 Å². The maximum atomic E-state index is 13.5. The third kappa shape index (κ3) is 3.50. The van der Waals surface area contributed by atoms with Gasteiger partial charge in [0.15, 0.2) is 5.84 Å². The largest absolute Gasteiger partial charge is 0.399 e. The maximum Gasteiger partial charge on any atom is 0.399 e. The summed E-state index contributed by atoms with van der Waals surface area (Å²) >= 11 is 0. The van der Waals surface area contributed by atoms with Crippen molar-refractivity contribution < 1.29 is 26.5 Å². The first-order valence-corrected chi connectivity index (χ1v) is 10.2. The predicted octanol–water partition coefficient (Wildman–Crippen LogP) is 2.59. The molecule has 7 nitrogen and oxygen atoms in total. The molecule has 0 spiro atoms. The van der Waals surface area contributed by atoms with Gasteiger partial charge in [0.25, 0.3) is 0 Å². The number of hydrogen-bond acceptors (Lipinski definition) is 5. The van der Waals surface area contributed by atoms with E-state index < -0.39 is 31.9 Å². The number of hydrogen-bond donors (Lipinski definition) is 2. The topological polar surface area (TPSA) is 110 Å². The van der Waals surface area contributed by atoms with Crippen LogP contribution in [0.1, 0.15) is 29.6 Å². The summed E-state index contributed by atoms with van der Waals surface area (Å²) in [4.78, 5) is 18.1. The summed E-state index contributed by atoms with van der Waals surface area (Å²) in [6, 6.07) is 11.2. The average molecular weight is 406 g/mol. The summed E-state index contributed by atoms with van der Waals surface area (Å²) < 4.78 is 39.2. The number of nitrogens with one attached hydrogen (secondary N) is 1. The Balaban J connectivity index is 2.12. The number of carbonyl (C=O) groups excluding carboxylic acids is 1. The summed E-state index contributed by atoms with van der Waals surface area (Å²) in [5.41, 5.74) is 5.89. The van der Waals surface area contributed by atoms with E-state index in [1.165, 1.54) is 12.1 Å². The number of benzene rings is 2. The molecule has 0 aliphatic carbocycles. The maximum absolute atomic E-state index is 13.5. The van der Waals surface area contributed by atoms with Crippen LogP contribution in [-0.4, -0.2) is 36.9 Å². The van der Waals surface area contributed by atoms with Crippen molar-refractivity contribution in [2.24, 2.45) is 5.73 Å². The second-order valence-electron chi connectivity index (χ2n) is 6.59. The molecule has 0 amide bonds. The van der Waals surface area contributed by atoms with Crippen molar-refractivity contribution in [3.8, 4) is 0 Å². The minimum absolute atomic E-state index is 0.0530. The second kappa shape index (κ2) is 7.69. The highest BCUT2D eigenvalue weighted by atomic mass is 32.2. The number of halogens is 1. The summed E-state index contributed by atoms with van der Waals surface area (Å²) in [7, 11) is -4.33. The van der Waals surface area contributed by atoms with E-state index in [-0.39, 0.29) is 29.3 Å². The van der Waals surface area contributed by atoms with Gasteiger partial charge in [-0.15, -0.1) is 0 Å². The number of sulfonamides is 1. The molecule has 2 atom stereocenters. The van der Waals surface area contributed by atoms with E-state index in [9.17, 15) is 17.6 Å². The van der Waals surface area contributed by atoms with Crippen LogP contribution in [0.3, 0.4) is 0 Å². The number of quaternary nitrogens is 1. The quantitative estimate of drug-likeness (QED) is 0.450. The predicted molar refractivity (Wildman–Crippen MR) is 100 cm³/mol. The van der Waals surface area contributed by atoms with Crippen molar-refractivity contribution in [1.82, 2.24) is 0 Å². The molecule has 9 heteroatoms. The van der Waals surface area contributed by atoms with Gasteiger partial charge < -0.3 is 5.73 Å². The Kier molecular flexibility index (Phi) is 5.48. The molecule has 0 radical (unpaired) electrons. The van der Waals surface area contributed by atoms with Gasteiger partial charge >= 0.3 is 16.0 Å². The highest BCUT2D eigenvalue weighted by Crippen LogP contribution is 2.36. The van der Waals surface area contributed by atoms with Gasteiger partial charge in [-0.25, -0.2) is 9.18 Å². The number of rotatable bonds is 5. The Labute approximate surface area is 162 Å². The third-order valence-corrected chi connectivity index (χ3v) is 6.99. The Hall–Kier alpha value is -2.78. The van der Waals surface area contributed by atoms with E-state index in [0.29, 0.717) is 12.8 Å². The van der Waals surface area contributed by atoms with Crippen LogP contribution in [0.2, 0.25) is 0 Å². The molecule has 1 aliphatic rings. The monoisotopic (exact) mass is 406 g/mol. The summed E-state index contributed by atoms with van der Waals surface area (Å²) in [5.74, 6) is -1.81. The molecule has 1 unspecified atom stereocenters. The molecule has 0 aromatic heterocycles. The normalized spacial score (nSPS) is 22.4. The third-order valence-electron chi connectivity index (χ3n) is 4.80. The van der Waals surface area contributed by atoms with Gasteiger partial charge in [-0.3, -0.25) is 10.2 Å². The number of nitrogens with zero attached hydrogens (tertiary/aromatic N) is 1. The summed E-state index contributed by atoms with van der Waals surface area (Å²) in [6.45, 7) is -0.0530. The molecule has 3 N–H and O–H groups in total. The molecule has 1 saturated heterocycles. The van der Waals surface area contributed by atoms with Crippen LogP contribution >= 0.6 is 0 Å². The van der Waals surface area contributed by atoms with Crippen LogP contribution in [0.25, 0.3) is 0 Å². The zero-order valence-electron chi connectivity index (χ0n) is 15.0. The highest BCUT2D eigenvalue weighted by molar-refractivity contribution is 7.85. The van der Waals surface area contributed by atoms with Crippen molar-refractivity contribution in [2.75, 3.05) is 6.54 Å². The van der Waals surface area contributed by atoms with E-state index in [1.54, 1.807) is 18.2 Å². The standard InChI is InChI=1S/C19H21FN3O4S/c20-15-9-11-16(12-10-15)28(25,26)23(13-5-4-8-17(23)18(21)22)27-19(24)14-6-2-1-3-7-14/h1-3,6-7,9-12,17H,4-5,8,13H2,(H3,21,22)/q+1/t17-,23?/m0/s1. The van der Waals surface area contributed by atoms with E-state index in [0.717, 1.165) is 24.3 Å². The number of piperidine rings is 1. The molecule has 3 rings (SSSR count). The lowest BCUT2D eigenvalue weighted by molar-refractivity contribution is -1.00. The Bertz CT molecular complexity index is 980. The molecule has 0 bridgehead atoms. The van der Waals surface area contributed by atoms with E-state index in [1.807, 2.05) is 0 Å². The Morgan fingerprint density at radius 3 is 2.36 bits per heavy atom. The first-order valence-electron chi connectivity index (χ1n) is 8.79. The second-order valence-corrected chi connectivity index (χ2v) is 8.63. The van der Waals surface area contributed by atoms with Crippen LogP contribution in [0, 0.1) is 11.2 Å². The molecule has 28 heavy (non-hydrogen) atoms. The van der Waals surface area contributed by atoms with Crippen molar-refractivity contribution in [1.29, 1.82) is 5.41 Å². The van der Waals surface area contributed by atoms with Gasteiger partial charge in [0.1, 0.15) is 17.3 Å². The van der Waals surface area contributed by atoms with Gasteiger partial charge in [-0.1, -0.05) is 18.2 Å². The fourth-order valence-corrected chi connectivity index (χ4v) is 5.31. The van der Waals surface area contributed by atoms with E-state index in [4.69, 9.17) is 16.0 Å². The fraction of sp³-hybridized carbons (Fsp3) is 0.263. The molecule has 1 heterocycles. The summed E-state index contributed by atoms with van der Waals surface area (Å²) in [6.07, 6.45) is 1.39. The molecular weight excluding hydrogens is 385 g/mol. The molecule has 148 valence electrons. The van der Waals surface area contributed by atoms with Crippen LogP contribution in [-0.2, 0) is 14.9 Å². The summed E-state index contributed by atoms with van der Waals surface area (Å²) in [5, 5.41) is 7.92. The minimum Gasteiger partial charge on any atom is -0.382 e. The number of nitrogens with two attached hydrogens (primary N) is 1. The molecule has 2 aromatic carbocycles. The minimum atomic E-state index is -4.33. The SMILES string of the molecule is N=C(N)[C@@H]1CCCC[N+]1(OC(=O)c1ccccc1)S(=O)(=O)c1ccc(F)cc1. The van der Waals surface area contributed by atoms with Crippen LogP contribution in [0.5, 0.6) is 0 Å². The van der Waals surface area contributed by atoms with Gasteiger partial charge in [0.2, 0.25) is 6.04 Å². The van der Waals surface area contributed by atoms with Gasteiger partial charge in [0.05, 0.1) is 5.56 Å². The van der Waals surface area contributed by atoms with Crippen LogP contribution in [0.15, 0.2) is 59.5 Å². The lowest BCUT2D eigenvalue weighted by Gasteiger charge is -2.40. The highest BCUT2D eigenvalue weighted by Gasteiger charge is 2.57. The number of hydroxylamine groups is 2. The zero-order valence-corrected chi connectivity index (χ0v) is 15.9. The van der Waals surface area contributed by atoms with Gasteiger partial charge in [-0.2, -0.15) is 8.42 Å². The first kappa shape index (κ1) is 20.0. The van der Waals surface area contributed by atoms with Crippen molar-refractivity contribution in [2.45, 2.75) is 30.2 Å². The molecule has 1 aliphatic heterocycles. The van der Waals surface area contributed by atoms with E-state index >= 15 is 0 Å². The first-order chi connectivity index (χ1) is 13.3. The number of amidine groups is 1. The van der Waals surface area contributed by atoms with Crippen molar-refractivity contribution in [3.05, 3.63) is 66.0 Å². The van der Waals surface area contributed by atoms with Crippen molar-refractivity contribution in [3.63, 3.8) is 0 Å². The lowest BCUT2D eigenvalue weighted by Crippen LogP contribution is -2.65. The van der Waals surface area contributed by atoms with Gasteiger partial charge in [-0.05, 0) is 46.9 Å². The smallest absolute Gasteiger partial charge is 0.382 e. The molecular formula is C19H21FN3O4S+. The molecule has 1 fully saturated rings. The molecule has 2 aromatic rings. The number of carbonyl (C=O) groups is 1. The lowest BCUT2D eigenvalue weighted by atomic mass is 10.0. The van der Waals surface area contributed by atoms with Gasteiger partial charge in [0, 0.05) is 12.8 Å². The fourth-order valence-electron chi connectivity index (χ4n) is 3.39. The van der Waals surface area contributed by atoms with Crippen molar-refractivity contribution >= 4 is 21.8 Å². The average Bonchev–Trinajstić information content (AvgIpc) is 2.69. The molecule has 0 saturated carbocycles. The van der Waals surface area contributed by atoms with Crippen LogP contribution < -0.4 is 5.73 Å². The van der Waals surface area contributed by atoms with Crippen LogP contribution in [0.4, 0.5) is 4.39 Å². The zero-order chi connectivity index (χ0) is 20.4.